The average molecular weight is 192 g/mol. The molecule has 1 aromatic carbocycles. The summed E-state index contributed by atoms with van der Waals surface area (Å²) < 4.78 is 0. The Morgan fingerprint density at radius 2 is 1.71 bits per heavy atom. The lowest BCUT2D eigenvalue weighted by atomic mass is 9.92. The van der Waals surface area contributed by atoms with Gasteiger partial charge in [-0.05, 0) is 36.5 Å². The fourth-order valence-corrected chi connectivity index (χ4v) is 1.51. The predicted molar refractivity (Wildman–Crippen MR) is 62.1 cm³/mol. The van der Waals surface area contributed by atoms with E-state index in [4.69, 9.17) is 11.5 Å². The Morgan fingerprint density at radius 3 is 2.21 bits per heavy atom. The number of hydrogen-bond donors (Lipinski definition) is 2. The predicted octanol–water partition coefficient (Wildman–Crippen LogP) is 2.54. The lowest BCUT2D eigenvalue weighted by molar-refractivity contribution is 0.515. The van der Waals surface area contributed by atoms with Gasteiger partial charge in [-0.25, -0.2) is 0 Å². The third kappa shape index (κ3) is 1.90. The monoisotopic (exact) mass is 192 g/mol. The van der Waals surface area contributed by atoms with Gasteiger partial charge in [-0.1, -0.05) is 26.0 Å². The molecule has 1 unspecified atom stereocenters. The van der Waals surface area contributed by atoms with E-state index in [1.807, 2.05) is 13.0 Å². The van der Waals surface area contributed by atoms with Gasteiger partial charge in [-0.3, -0.25) is 0 Å². The van der Waals surface area contributed by atoms with Crippen LogP contribution < -0.4 is 11.5 Å². The summed E-state index contributed by atoms with van der Waals surface area (Å²) in [4.78, 5) is 0. The van der Waals surface area contributed by atoms with Gasteiger partial charge >= 0.3 is 0 Å². The van der Waals surface area contributed by atoms with Gasteiger partial charge in [0.2, 0.25) is 0 Å². The number of aryl methyl sites for hydroxylation is 1. The quantitative estimate of drug-likeness (QED) is 0.707. The molecule has 0 heterocycles. The minimum absolute atomic E-state index is 0.0364. The van der Waals surface area contributed by atoms with Crippen LogP contribution in [0, 0.1) is 19.8 Å². The molecule has 0 amide bonds. The lowest BCUT2D eigenvalue weighted by Gasteiger charge is -2.20. The van der Waals surface area contributed by atoms with E-state index in [0.717, 1.165) is 16.8 Å². The van der Waals surface area contributed by atoms with Crippen molar-refractivity contribution in [2.24, 2.45) is 11.7 Å². The van der Waals surface area contributed by atoms with Crippen molar-refractivity contribution < 1.29 is 0 Å². The molecular formula is C12H20N2. The van der Waals surface area contributed by atoms with Crippen molar-refractivity contribution in [1.82, 2.24) is 0 Å². The standard InChI is InChI=1S/C12H20N2/c1-7(2)11(13)10-6-5-8(3)9(4)12(10)14/h5-7,11H,13-14H2,1-4H3. The summed E-state index contributed by atoms with van der Waals surface area (Å²) in [5.41, 5.74) is 16.4. The van der Waals surface area contributed by atoms with E-state index in [9.17, 15) is 0 Å². The van der Waals surface area contributed by atoms with Crippen LogP contribution >= 0.6 is 0 Å². The molecule has 0 aliphatic heterocycles. The van der Waals surface area contributed by atoms with Gasteiger partial charge in [-0.15, -0.1) is 0 Å². The Bertz CT molecular complexity index is 329. The third-order valence-corrected chi connectivity index (χ3v) is 2.90. The first-order chi connectivity index (χ1) is 6.45. The molecular weight excluding hydrogens is 172 g/mol. The van der Waals surface area contributed by atoms with E-state index in [-0.39, 0.29) is 6.04 Å². The number of nitrogen functional groups attached to an aromatic ring is 1. The second kappa shape index (κ2) is 4.01. The Balaban J connectivity index is 3.17. The molecule has 0 saturated heterocycles. The highest BCUT2D eigenvalue weighted by molar-refractivity contribution is 5.57. The number of hydrogen-bond acceptors (Lipinski definition) is 2. The van der Waals surface area contributed by atoms with Crippen molar-refractivity contribution in [2.45, 2.75) is 33.7 Å². The van der Waals surface area contributed by atoms with E-state index in [0.29, 0.717) is 5.92 Å². The van der Waals surface area contributed by atoms with Crippen molar-refractivity contribution in [2.75, 3.05) is 5.73 Å². The molecule has 0 aliphatic carbocycles. The molecule has 78 valence electrons. The smallest absolute Gasteiger partial charge is 0.0394 e. The molecule has 1 atom stereocenters. The summed E-state index contributed by atoms with van der Waals surface area (Å²) >= 11 is 0. The molecule has 2 nitrogen and oxygen atoms in total. The Labute approximate surface area is 86.3 Å². The number of anilines is 1. The molecule has 0 aliphatic rings. The zero-order valence-electron chi connectivity index (χ0n) is 9.46. The van der Waals surface area contributed by atoms with Gasteiger partial charge in [-0.2, -0.15) is 0 Å². The van der Waals surface area contributed by atoms with Gasteiger partial charge in [0.1, 0.15) is 0 Å². The zero-order valence-corrected chi connectivity index (χ0v) is 9.46. The van der Waals surface area contributed by atoms with Crippen LogP contribution in [0.15, 0.2) is 12.1 Å². The van der Waals surface area contributed by atoms with Crippen LogP contribution in [0.4, 0.5) is 5.69 Å². The van der Waals surface area contributed by atoms with Gasteiger partial charge < -0.3 is 11.5 Å². The molecule has 0 spiro atoms. The maximum Gasteiger partial charge on any atom is 0.0394 e. The van der Waals surface area contributed by atoms with Gasteiger partial charge in [0.05, 0.1) is 0 Å². The average Bonchev–Trinajstić information content (AvgIpc) is 2.13. The fourth-order valence-electron chi connectivity index (χ4n) is 1.51. The molecule has 14 heavy (non-hydrogen) atoms. The van der Waals surface area contributed by atoms with Crippen LogP contribution in [0.5, 0.6) is 0 Å². The van der Waals surface area contributed by atoms with Crippen molar-refractivity contribution in [3.63, 3.8) is 0 Å². The summed E-state index contributed by atoms with van der Waals surface area (Å²) in [5.74, 6) is 0.416. The second-order valence-corrected chi connectivity index (χ2v) is 4.28. The molecule has 0 saturated carbocycles. The topological polar surface area (TPSA) is 52.0 Å². The van der Waals surface area contributed by atoms with Gasteiger partial charge in [0.15, 0.2) is 0 Å². The molecule has 4 N–H and O–H groups in total. The van der Waals surface area contributed by atoms with Crippen molar-refractivity contribution in [3.8, 4) is 0 Å². The summed E-state index contributed by atoms with van der Waals surface area (Å²) in [6.07, 6.45) is 0. The first kappa shape index (κ1) is 11.1. The lowest BCUT2D eigenvalue weighted by Crippen LogP contribution is -2.18. The first-order valence-electron chi connectivity index (χ1n) is 5.06. The highest BCUT2D eigenvalue weighted by atomic mass is 14.7. The van der Waals surface area contributed by atoms with Crippen LogP contribution in [-0.4, -0.2) is 0 Å². The molecule has 1 rings (SSSR count). The highest BCUT2D eigenvalue weighted by Gasteiger charge is 2.14. The maximum atomic E-state index is 6.08. The molecule has 0 bridgehead atoms. The zero-order chi connectivity index (χ0) is 10.9. The Morgan fingerprint density at radius 1 is 1.14 bits per heavy atom. The van der Waals surface area contributed by atoms with Crippen LogP contribution in [0.2, 0.25) is 0 Å². The van der Waals surface area contributed by atoms with Crippen LogP contribution in [0.25, 0.3) is 0 Å². The Hall–Kier alpha value is -1.02. The highest BCUT2D eigenvalue weighted by Crippen LogP contribution is 2.28. The SMILES string of the molecule is Cc1ccc(C(N)C(C)C)c(N)c1C. The third-order valence-electron chi connectivity index (χ3n) is 2.90. The Kier molecular flexibility index (Phi) is 3.17. The minimum Gasteiger partial charge on any atom is -0.398 e. The molecule has 2 heteroatoms. The molecule has 0 fully saturated rings. The fraction of sp³-hybridized carbons (Fsp3) is 0.500. The minimum atomic E-state index is 0.0364. The van der Waals surface area contributed by atoms with Crippen LogP contribution in [0.1, 0.15) is 36.6 Å². The van der Waals surface area contributed by atoms with Crippen molar-refractivity contribution >= 4 is 5.69 Å². The van der Waals surface area contributed by atoms with Crippen LogP contribution in [0.3, 0.4) is 0 Å². The largest absolute Gasteiger partial charge is 0.398 e. The van der Waals surface area contributed by atoms with Crippen molar-refractivity contribution in [1.29, 1.82) is 0 Å². The molecule has 0 radical (unpaired) electrons. The first-order valence-corrected chi connectivity index (χ1v) is 5.06. The molecule has 0 aromatic heterocycles. The number of rotatable bonds is 2. The summed E-state index contributed by atoms with van der Waals surface area (Å²) in [6, 6.07) is 4.17. The van der Waals surface area contributed by atoms with E-state index in [1.165, 1.54) is 5.56 Å². The van der Waals surface area contributed by atoms with Crippen LogP contribution in [-0.2, 0) is 0 Å². The summed E-state index contributed by atoms with van der Waals surface area (Å²) in [7, 11) is 0. The number of nitrogens with two attached hydrogens (primary N) is 2. The van der Waals surface area contributed by atoms with Gasteiger partial charge in [0, 0.05) is 11.7 Å². The van der Waals surface area contributed by atoms with E-state index in [1.54, 1.807) is 0 Å². The van der Waals surface area contributed by atoms with Gasteiger partial charge in [0.25, 0.3) is 0 Å². The summed E-state index contributed by atoms with van der Waals surface area (Å²) in [5, 5.41) is 0. The van der Waals surface area contributed by atoms with E-state index >= 15 is 0 Å². The van der Waals surface area contributed by atoms with E-state index in [2.05, 4.69) is 26.8 Å². The molecule has 1 aromatic rings. The van der Waals surface area contributed by atoms with Crippen molar-refractivity contribution in [3.05, 3.63) is 28.8 Å². The second-order valence-electron chi connectivity index (χ2n) is 4.28. The maximum absolute atomic E-state index is 6.08. The number of benzene rings is 1. The van der Waals surface area contributed by atoms with E-state index < -0.39 is 0 Å². The summed E-state index contributed by atoms with van der Waals surface area (Å²) in [6.45, 7) is 8.33. The normalized spacial score (nSPS) is 13.3.